The second-order valence-corrected chi connectivity index (χ2v) is 5.53. The van der Waals surface area contributed by atoms with Gasteiger partial charge in [0.05, 0.1) is 6.61 Å². The van der Waals surface area contributed by atoms with E-state index < -0.39 is 27.8 Å². The quantitative estimate of drug-likeness (QED) is 0.886. The molecule has 1 rings (SSSR count). The molecule has 0 spiro atoms. The van der Waals surface area contributed by atoms with E-state index in [1.807, 2.05) is 0 Å². The van der Waals surface area contributed by atoms with E-state index in [0.29, 0.717) is 5.56 Å². The van der Waals surface area contributed by atoms with Crippen molar-refractivity contribution < 1.29 is 26.7 Å². The first kappa shape index (κ1) is 14.9. The van der Waals surface area contributed by atoms with Crippen molar-refractivity contribution in [1.29, 1.82) is 0 Å². The number of aromatic nitrogens is 1. The number of hydrogen-bond donors (Lipinski definition) is 1. The Morgan fingerprint density at radius 2 is 2.00 bits per heavy atom. The first-order valence-corrected chi connectivity index (χ1v) is 6.19. The van der Waals surface area contributed by atoms with Crippen molar-refractivity contribution in [1.82, 2.24) is 9.29 Å². The summed E-state index contributed by atoms with van der Waals surface area (Å²) in [5.41, 5.74) is 0.368. The lowest BCUT2D eigenvalue weighted by Crippen LogP contribution is -2.36. The molecule has 1 N–H and O–H groups in total. The lowest BCUT2D eigenvalue weighted by Gasteiger charge is -2.18. The van der Waals surface area contributed by atoms with Gasteiger partial charge in [0.15, 0.2) is 5.03 Å². The molecule has 9 heteroatoms. The maximum absolute atomic E-state index is 12.1. The van der Waals surface area contributed by atoms with Crippen molar-refractivity contribution in [3.8, 4) is 0 Å². The standard InChI is InChI=1S/C9H11F3N2O3S/c1-14(6-9(10,11)12)18(16,17)8-3-2-7(5-15)4-13-8/h2-4,15H,5-6H2,1H3. The van der Waals surface area contributed by atoms with E-state index in [1.54, 1.807) is 0 Å². The van der Waals surface area contributed by atoms with Gasteiger partial charge in [0.2, 0.25) is 0 Å². The van der Waals surface area contributed by atoms with Crippen LogP contribution in [0.4, 0.5) is 13.2 Å². The van der Waals surface area contributed by atoms with Gasteiger partial charge >= 0.3 is 6.18 Å². The van der Waals surface area contributed by atoms with Crippen molar-refractivity contribution in [3.05, 3.63) is 23.9 Å². The number of sulfonamides is 1. The van der Waals surface area contributed by atoms with Crippen LogP contribution in [-0.4, -0.2) is 42.6 Å². The Labute approximate surface area is 102 Å². The topological polar surface area (TPSA) is 70.5 Å². The monoisotopic (exact) mass is 284 g/mol. The van der Waals surface area contributed by atoms with Crippen LogP contribution in [0, 0.1) is 0 Å². The molecule has 1 aromatic rings. The average Bonchev–Trinajstić information content (AvgIpc) is 2.27. The van der Waals surface area contributed by atoms with Crippen molar-refractivity contribution >= 4 is 10.0 Å². The van der Waals surface area contributed by atoms with Gasteiger partial charge < -0.3 is 5.11 Å². The molecule has 0 fully saturated rings. The van der Waals surface area contributed by atoms with Gasteiger partial charge in [-0.25, -0.2) is 13.4 Å². The molecule has 0 aliphatic heterocycles. The second-order valence-electron chi connectivity index (χ2n) is 3.54. The van der Waals surface area contributed by atoms with Crippen molar-refractivity contribution in [2.75, 3.05) is 13.6 Å². The molecule has 0 saturated heterocycles. The zero-order chi connectivity index (χ0) is 14.0. The average molecular weight is 284 g/mol. The zero-order valence-electron chi connectivity index (χ0n) is 9.35. The minimum Gasteiger partial charge on any atom is -0.392 e. The van der Waals surface area contributed by atoms with E-state index in [0.717, 1.165) is 19.3 Å². The molecule has 18 heavy (non-hydrogen) atoms. The number of nitrogens with zero attached hydrogens (tertiary/aromatic N) is 2. The van der Waals surface area contributed by atoms with Gasteiger partial charge in [-0.1, -0.05) is 6.07 Å². The summed E-state index contributed by atoms with van der Waals surface area (Å²) in [5.74, 6) is 0. The molecule has 0 saturated carbocycles. The smallest absolute Gasteiger partial charge is 0.392 e. The van der Waals surface area contributed by atoms with Crippen LogP contribution in [0.25, 0.3) is 0 Å². The van der Waals surface area contributed by atoms with Crippen LogP contribution >= 0.6 is 0 Å². The third-order valence-electron chi connectivity index (χ3n) is 2.06. The summed E-state index contributed by atoms with van der Waals surface area (Å²) < 4.78 is 59.9. The fourth-order valence-electron chi connectivity index (χ4n) is 1.15. The summed E-state index contributed by atoms with van der Waals surface area (Å²) >= 11 is 0. The minimum atomic E-state index is -4.62. The summed E-state index contributed by atoms with van der Waals surface area (Å²) in [6.07, 6.45) is -3.53. The lowest BCUT2D eigenvalue weighted by atomic mass is 10.3. The van der Waals surface area contributed by atoms with Crippen LogP contribution in [-0.2, 0) is 16.6 Å². The van der Waals surface area contributed by atoms with E-state index in [2.05, 4.69) is 4.98 Å². The van der Waals surface area contributed by atoms with Gasteiger partial charge in [0.1, 0.15) is 6.54 Å². The van der Waals surface area contributed by atoms with Gasteiger partial charge in [-0.15, -0.1) is 0 Å². The van der Waals surface area contributed by atoms with Crippen molar-refractivity contribution in [3.63, 3.8) is 0 Å². The van der Waals surface area contributed by atoms with Crippen LogP contribution in [0.3, 0.4) is 0 Å². The largest absolute Gasteiger partial charge is 0.402 e. The Bertz CT molecular complexity index is 499. The molecule has 5 nitrogen and oxygen atoms in total. The number of rotatable bonds is 4. The molecule has 102 valence electrons. The highest BCUT2D eigenvalue weighted by molar-refractivity contribution is 7.89. The summed E-state index contributed by atoms with van der Waals surface area (Å²) in [7, 11) is -3.45. The normalized spacial score (nSPS) is 13.0. The predicted molar refractivity (Wildman–Crippen MR) is 56.0 cm³/mol. The Morgan fingerprint density at radius 3 is 2.39 bits per heavy atom. The lowest BCUT2D eigenvalue weighted by molar-refractivity contribution is -0.134. The summed E-state index contributed by atoms with van der Waals surface area (Å²) in [5, 5.41) is 8.25. The number of hydrogen-bond acceptors (Lipinski definition) is 4. The van der Waals surface area contributed by atoms with E-state index in [4.69, 9.17) is 5.11 Å². The van der Waals surface area contributed by atoms with Gasteiger partial charge in [0, 0.05) is 13.2 Å². The highest BCUT2D eigenvalue weighted by Crippen LogP contribution is 2.20. The molecule has 0 radical (unpaired) electrons. The van der Waals surface area contributed by atoms with E-state index in [9.17, 15) is 21.6 Å². The van der Waals surface area contributed by atoms with Crippen LogP contribution in [0.15, 0.2) is 23.4 Å². The molecular weight excluding hydrogens is 273 g/mol. The van der Waals surface area contributed by atoms with E-state index >= 15 is 0 Å². The molecule has 0 bridgehead atoms. The third-order valence-corrected chi connectivity index (χ3v) is 3.78. The molecule has 1 aromatic heterocycles. The zero-order valence-corrected chi connectivity index (χ0v) is 10.2. The molecule has 1 heterocycles. The van der Waals surface area contributed by atoms with Crippen LogP contribution < -0.4 is 0 Å². The first-order chi connectivity index (χ1) is 8.16. The summed E-state index contributed by atoms with van der Waals surface area (Å²) in [6.45, 7) is -1.91. The maximum atomic E-state index is 12.1. The Hall–Kier alpha value is -1.19. The fourth-order valence-corrected chi connectivity index (χ4v) is 2.22. The van der Waals surface area contributed by atoms with Gasteiger partial charge in [-0.2, -0.15) is 17.5 Å². The molecule has 0 unspecified atom stereocenters. The fraction of sp³-hybridized carbons (Fsp3) is 0.444. The van der Waals surface area contributed by atoms with E-state index in [-0.39, 0.29) is 10.9 Å². The summed E-state index contributed by atoms with van der Waals surface area (Å²) in [6, 6.07) is 2.33. The molecule has 0 aliphatic rings. The predicted octanol–water partition coefficient (Wildman–Crippen LogP) is 0.757. The Kier molecular flexibility index (Phi) is 4.30. The summed E-state index contributed by atoms with van der Waals surface area (Å²) in [4.78, 5) is 3.52. The number of halogens is 3. The van der Waals surface area contributed by atoms with Crippen LogP contribution in [0.5, 0.6) is 0 Å². The van der Waals surface area contributed by atoms with Gasteiger partial charge in [0.25, 0.3) is 10.0 Å². The molecule has 0 atom stereocenters. The van der Waals surface area contributed by atoms with E-state index in [1.165, 1.54) is 6.07 Å². The first-order valence-electron chi connectivity index (χ1n) is 4.75. The second kappa shape index (κ2) is 5.21. The van der Waals surface area contributed by atoms with Crippen molar-refractivity contribution in [2.45, 2.75) is 17.8 Å². The molecular formula is C9H11F3N2O3S. The Morgan fingerprint density at radius 1 is 1.39 bits per heavy atom. The Balaban J connectivity index is 2.98. The van der Waals surface area contributed by atoms with Crippen LogP contribution in [0.2, 0.25) is 0 Å². The number of aliphatic hydroxyl groups excluding tert-OH is 1. The highest BCUT2D eigenvalue weighted by Gasteiger charge is 2.35. The molecule has 0 aromatic carbocycles. The maximum Gasteiger partial charge on any atom is 0.402 e. The van der Waals surface area contributed by atoms with Crippen molar-refractivity contribution in [2.24, 2.45) is 0 Å². The highest BCUT2D eigenvalue weighted by atomic mass is 32.2. The molecule has 0 amide bonds. The van der Waals surface area contributed by atoms with Crippen LogP contribution in [0.1, 0.15) is 5.56 Å². The minimum absolute atomic E-state index is 0.175. The third kappa shape index (κ3) is 3.65. The number of alkyl halides is 3. The SMILES string of the molecule is CN(CC(F)(F)F)S(=O)(=O)c1ccc(CO)cn1. The number of pyridine rings is 1. The molecule has 0 aliphatic carbocycles. The number of aliphatic hydroxyl groups is 1. The van der Waals surface area contributed by atoms with Gasteiger partial charge in [-0.3, -0.25) is 0 Å². The van der Waals surface area contributed by atoms with Gasteiger partial charge in [-0.05, 0) is 11.6 Å².